The summed E-state index contributed by atoms with van der Waals surface area (Å²) in [4.78, 5) is 12.9. The number of sulfonamides is 1. The maximum absolute atomic E-state index is 12.9. The van der Waals surface area contributed by atoms with E-state index in [0.717, 1.165) is 22.4 Å². The van der Waals surface area contributed by atoms with Gasteiger partial charge in [-0.2, -0.15) is 4.31 Å². The molecule has 1 atom stereocenters. The van der Waals surface area contributed by atoms with Crippen molar-refractivity contribution in [3.63, 3.8) is 0 Å². The molecule has 0 spiro atoms. The number of rotatable bonds is 7. The predicted octanol–water partition coefficient (Wildman–Crippen LogP) is 4.47. The van der Waals surface area contributed by atoms with Crippen LogP contribution in [0.15, 0.2) is 33.9 Å². The van der Waals surface area contributed by atoms with Gasteiger partial charge in [-0.25, -0.2) is 8.42 Å². The molecule has 3 rings (SSSR count). The number of nitrogens with zero attached hydrogens (tertiary/aromatic N) is 1. The van der Waals surface area contributed by atoms with Crippen molar-refractivity contribution in [2.24, 2.45) is 5.92 Å². The van der Waals surface area contributed by atoms with Gasteiger partial charge in [-0.15, -0.1) is 11.3 Å². The minimum Gasteiger partial charge on any atom is -0.496 e. The number of hydrogen-bond acceptors (Lipinski definition) is 5. The second kappa shape index (κ2) is 9.71. The van der Waals surface area contributed by atoms with Crippen LogP contribution in [0.1, 0.15) is 62.3 Å². The van der Waals surface area contributed by atoms with Crippen LogP contribution < -0.4 is 10.1 Å². The van der Waals surface area contributed by atoms with Crippen molar-refractivity contribution in [1.82, 2.24) is 9.62 Å². The number of benzene rings is 1. The molecule has 8 heteroatoms. The normalized spacial score (nSPS) is 17.0. The Morgan fingerprint density at radius 2 is 1.87 bits per heavy atom. The van der Waals surface area contributed by atoms with Crippen molar-refractivity contribution < 1.29 is 17.9 Å². The van der Waals surface area contributed by atoms with E-state index in [0.29, 0.717) is 36.1 Å². The Bertz CT molecular complexity index is 1010. The van der Waals surface area contributed by atoms with E-state index in [1.54, 1.807) is 24.6 Å². The average molecular weight is 465 g/mol. The number of thiophene rings is 1. The van der Waals surface area contributed by atoms with Crippen LogP contribution in [0.25, 0.3) is 0 Å². The third-order valence-electron chi connectivity index (χ3n) is 5.98. The highest BCUT2D eigenvalue weighted by molar-refractivity contribution is 7.91. The molecule has 31 heavy (non-hydrogen) atoms. The van der Waals surface area contributed by atoms with E-state index in [1.165, 1.54) is 15.6 Å². The van der Waals surface area contributed by atoms with Gasteiger partial charge in [-0.05, 0) is 72.9 Å². The van der Waals surface area contributed by atoms with E-state index >= 15 is 0 Å². The Kier molecular flexibility index (Phi) is 7.44. The van der Waals surface area contributed by atoms with Crippen molar-refractivity contribution in [2.75, 3.05) is 20.2 Å². The molecule has 170 valence electrons. The molecule has 1 amide bonds. The molecule has 1 N–H and O–H groups in total. The maximum atomic E-state index is 12.9. The number of methoxy groups -OCH3 is 1. The molecule has 1 aromatic heterocycles. The first kappa shape index (κ1) is 23.8. The van der Waals surface area contributed by atoms with E-state index in [-0.39, 0.29) is 17.9 Å². The van der Waals surface area contributed by atoms with Gasteiger partial charge in [0.15, 0.2) is 0 Å². The van der Waals surface area contributed by atoms with E-state index in [9.17, 15) is 13.2 Å². The quantitative estimate of drug-likeness (QED) is 0.656. The first-order valence-electron chi connectivity index (χ1n) is 10.7. The van der Waals surface area contributed by atoms with E-state index in [4.69, 9.17) is 4.74 Å². The second-order valence-electron chi connectivity index (χ2n) is 8.45. The molecule has 0 saturated carbocycles. The minimum absolute atomic E-state index is 0.0120. The number of carbonyl (C=O) groups is 1. The molecule has 2 aromatic rings. The van der Waals surface area contributed by atoms with Gasteiger partial charge in [-0.1, -0.05) is 19.9 Å². The summed E-state index contributed by atoms with van der Waals surface area (Å²) in [5, 5.41) is 4.91. The van der Waals surface area contributed by atoms with E-state index < -0.39 is 10.0 Å². The fourth-order valence-electron chi connectivity index (χ4n) is 4.12. The largest absolute Gasteiger partial charge is 0.496 e. The van der Waals surface area contributed by atoms with Crippen LogP contribution in [0.3, 0.4) is 0 Å². The molecule has 0 radical (unpaired) electrons. The van der Waals surface area contributed by atoms with Gasteiger partial charge in [0.25, 0.3) is 10.0 Å². The molecule has 1 saturated heterocycles. The van der Waals surface area contributed by atoms with E-state index in [2.05, 4.69) is 25.2 Å². The first-order valence-corrected chi connectivity index (χ1v) is 13.0. The average Bonchev–Trinajstić information content (AvgIpc) is 3.29. The summed E-state index contributed by atoms with van der Waals surface area (Å²) in [6.07, 6.45) is 1.06. The summed E-state index contributed by atoms with van der Waals surface area (Å²) in [5.74, 6) is 0.989. The molecule has 0 aliphatic carbocycles. The van der Waals surface area contributed by atoms with Crippen LogP contribution >= 0.6 is 11.3 Å². The molecule has 1 aliphatic heterocycles. The van der Waals surface area contributed by atoms with Crippen LogP contribution in [0.5, 0.6) is 5.75 Å². The molecular weight excluding hydrogens is 432 g/mol. The molecule has 1 aromatic carbocycles. The third kappa shape index (κ3) is 5.13. The minimum atomic E-state index is -3.45. The molecule has 1 unspecified atom stereocenters. The highest BCUT2D eigenvalue weighted by atomic mass is 32.2. The van der Waals surface area contributed by atoms with Gasteiger partial charge in [0.1, 0.15) is 9.96 Å². The smallest absolute Gasteiger partial charge is 0.252 e. The topological polar surface area (TPSA) is 75.7 Å². The van der Waals surface area contributed by atoms with Crippen molar-refractivity contribution in [3.8, 4) is 5.75 Å². The second-order valence-corrected chi connectivity index (χ2v) is 11.6. The third-order valence-corrected chi connectivity index (χ3v) is 9.25. The van der Waals surface area contributed by atoms with Crippen molar-refractivity contribution >= 4 is 27.3 Å². The van der Waals surface area contributed by atoms with Gasteiger partial charge >= 0.3 is 0 Å². The van der Waals surface area contributed by atoms with Crippen LogP contribution in [0, 0.1) is 12.8 Å². The molecule has 0 bridgehead atoms. The lowest BCUT2D eigenvalue weighted by atomic mass is 9.92. The summed E-state index contributed by atoms with van der Waals surface area (Å²) in [6, 6.07) is 7.39. The SMILES string of the molecule is COc1cc(C)c(C(C)NC(=O)C2CCN(S(=O)(=O)c3cccs3)CC2)cc1C(C)C. The zero-order valence-corrected chi connectivity index (χ0v) is 20.5. The number of aryl methyl sites for hydroxylation is 1. The van der Waals surface area contributed by atoms with Gasteiger partial charge in [0.05, 0.1) is 13.2 Å². The molecule has 2 heterocycles. The fourth-order valence-corrected chi connectivity index (χ4v) is 6.73. The summed E-state index contributed by atoms with van der Waals surface area (Å²) in [7, 11) is -1.77. The zero-order valence-electron chi connectivity index (χ0n) is 18.8. The van der Waals surface area contributed by atoms with Crippen LogP contribution in [-0.2, 0) is 14.8 Å². The summed E-state index contributed by atoms with van der Waals surface area (Å²) < 4.78 is 32.8. The summed E-state index contributed by atoms with van der Waals surface area (Å²) >= 11 is 1.23. The fraction of sp³-hybridized carbons (Fsp3) is 0.522. The van der Waals surface area contributed by atoms with Crippen molar-refractivity contribution in [1.29, 1.82) is 0 Å². The van der Waals surface area contributed by atoms with Crippen molar-refractivity contribution in [2.45, 2.75) is 56.7 Å². The number of piperidine rings is 1. The summed E-state index contributed by atoms with van der Waals surface area (Å²) in [6.45, 7) is 9.00. The van der Waals surface area contributed by atoms with Gasteiger partial charge < -0.3 is 10.1 Å². The first-order chi connectivity index (χ1) is 14.6. The van der Waals surface area contributed by atoms with Crippen LogP contribution in [-0.4, -0.2) is 38.8 Å². The van der Waals surface area contributed by atoms with Gasteiger partial charge in [0.2, 0.25) is 5.91 Å². The van der Waals surface area contributed by atoms with Crippen molar-refractivity contribution in [3.05, 3.63) is 46.3 Å². The summed E-state index contributed by atoms with van der Waals surface area (Å²) in [5.41, 5.74) is 3.28. The Hall–Kier alpha value is -1.90. The molecular formula is C23H32N2O4S2. The molecule has 1 aliphatic rings. The predicted molar refractivity (Wildman–Crippen MR) is 124 cm³/mol. The van der Waals surface area contributed by atoms with Gasteiger partial charge in [-0.3, -0.25) is 4.79 Å². The number of amides is 1. The number of carbonyl (C=O) groups excluding carboxylic acids is 1. The highest BCUT2D eigenvalue weighted by Crippen LogP contribution is 2.32. The van der Waals surface area contributed by atoms with Crippen LogP contribution in [0.4, 0.5) is 0 Å². The standard InChI is InChI=1S/C23H32N2O4S2/c1-15(2)19-14-20(16(3)13-21(19)29-5)17(4)24-23(26)18-8-10-25(11-9-18)31(27,28)22-7-6-12-30-22/h6-7,12-15,17-18H,8-11H2,1-5H3,(H,24,26). The lowest BCUT2D eigenvalue weighted by Gasteiger charge is -2.31. The lowest BCUT2D eigenvalue weighted by molar-refractivity contribution is -0.126. The number of hydrogen-bond donors (Lipinski definition) is 1. The Morgan fingerprint density at radius 1 is 1.19 bits per heavy atom. The van der Waals surface area contributed by atoms with E-state index in [1.807, 2.05) is 19.9 Å². The van der Waals surface area contributed by atoms with Gasteiger partial charge in [0, 0.05) is 19.0 Å². The lowest BCUT2D eigenvalue weighted by Crippen LogP contribution is -2.43. The Labute approximate surface area is 189 Å². The Morgan fingerprint density at radius 3 is 2.42 bits per heavy atom. The Balaban J connectivity index is 1.64. The maximum Gasteiger partial charge on any atom is 0.252 e. The van der Waals surface area contributed by atoms with Crippen LogP contribution in [0.2, 0.25) is 0 Å². The zero-order chi connectivity index (χ0) is 22.8. The number of ether oxygens (including phenoxy) is 1. The molecule has 1 fully saturated rings. The number of nitrogens with one attached hydrogen (secondary N) is 1. The monoisotopic (exact) mass is 464 g/mol. The molecule has 6 nitrogen and oxygen atoms in total. The highest BCUT2D eigenvalue weighted by Gasteiger charge is 2.33.